The molecule has 0 spiro atoms. The van der Waals surface area contributed by atoms with E-state index in [1.165, 1.54) is 4.70 Å². The molecule has 73 heavy (non-hydrogen) atoms. The van der Waals surface area contributed by atoms with Crippen LogP contribution >= 0.6 is 11.3 Å². The largest absolute Gasteiger partial charge is 0.416 e. The first-order valence-electron chi connectivity index (χ1n) is 19.3. The number of nitrogens with zero attached hydrogens (tertiary/aromatic N) is 3. The lowest BCUT2D eigenvalue weighted by atomic mass is 9.12. The predicted molar refractivity (Wildman–Crippen MR) is 211 cm³/mol. The van der Waals surface area contributed by atoms with Crippen LogP contribution in [0.15, 0.2) is 114 Å². The van der Waals surface area contributed by atoms with Gasteiger partial charge in [-0.05, 0) is 30.3 Å². The number of thiazole rings is 1. The Morgan fingerprint density at radius 1 is 0.411 bits per heavy atom. The Morgan fingerprint density at radius 2 is 0.658 bits per heavy atom. The minimum absolute atomic E-state index is 0.155. The normalized spacial score (nSPS) is 13.2. The monoisotopic (exact) mass is 1090 g/mol. The van der Waals surface area contributed by atoms with E-state index in [2.05, 4.69) is 6.07 Å². The average molecular weight is 1090 g/mol. The van der Waals surface area contributed by atoms with E-state index in [4.69, 9.17) is 10.5 Å². The van der Waals surface area contributed by atoms with E-state index in [0.717, 1.165) is 5.52 Å². The molecule has 6 aromatic rings. The molecule has 0 aliphatic carbocycles. The molecule has 0 N–H and O–H groups in total. The molecule has 0 radical (unpaired) electrons. The number of nitriles is 2. The van der Waals surface area contributed by atoms with Crippen molar-refractivity contribution in [2.75, 3.05) is 0 Å². The van der Waals surface area contributed by atoms with Gasteiger partial charge < -0.3 is 0 Å². The Bertz CT molecular complexity index is 2680. The van der Waals surface area contributed by atoms with E-state index in [9.17, 15) is 105 Å². The van der Waals surface area contributed by atoms with Crippen LogP contribution in [0.3, 0.4) is 0 Å². The number of fused-ring (bicyclic) bond motifs is 1. The fourth-order valence-corrected chi connectivity index (χ4v) is 8.39. The van der Waals surface area contributed by atoms with E-state index >= 15 is 0 Å². The molecule has 1 aromatic heterocycles. The molecule has 3 nitrogen and oxygen atoms in total. The molecule has 0 fully saturated rings. The molecule has 0 amide bonds. The quantitative estimate of drug-likeness (QED) is 0.0722. The summed E-state index contributed by atoms with van der Waals surface area (Å²) >= 11 is 1.65. The van der Waals surface area contributed by atoms with Gasteiger partial charge in [0.25, 0.3) is 0 Å². The summed E-state index contributed by atoms with van der Waals surface area (Å²) in [5.74, 6) is 0. The number of rotatable bonds is 6. The van der Waals surface area contributed by atoms with Gasteiger partial charge in [-0.2, -0.15) is 142 Å². The molecule has 0 atom stereocenters. The van der Waals surface area contributed by atoms with Crippen LogP contribution in [0.2, 0.25) is 0 Å². The van der Waals surface area contributed by atoms with Crippen molar-refractivity contribution in [3.63, 3.8) is 0 Å². The topological polar surface area (TPSA) is 51.5 Å². The fraction of sp³-hybridized carbons (Fsp3) is 0.205. The first-order valence-corrected chi connectivity index (χ1v) is 20.2. The van der Waals surface area contributed by atoms with Gasteiger partial charge in [0.05, 0.1) is 44.5 Å². The summed E-state index contributed by atoms with van der Waals surface area (Å²) in [4.78, 5) is 0. The Labute approximate surface area is 396 Å². The zero-order valence-electron chi connectivity index (χ0n) is 35.0. The molecule has 388 valence electrons. The van der Waals surface area contributed by atoms with Crippen LogP contribution in [0.1, 0.15) is 44.5 Å². The number of benzene rings is 5. The molecule has 29 heteroatoms. The van der Waals surface area contributed by atoms with Gasteiger partial charge in [-0.25, -0.2) is 0 Å². The molecule has 0 unspecified atom stereocenters. The summed E-state index contributed by atoms with van der Waals surface area (Å²) in [6.07, 6.45) is -53.2. The van der Waals surface area contributed by atoms with Gasteiger partial charge in [-0.1, -0.05) is 72.0 Å². The molecular weight excluding hydrogens is 1070 g/mol. The van der Waals surface area contributed by atoms with Crippen LogP contribution in [0.4, 0.5) is 105 Å². The Balaban J connectivity index is 0.000000520. The Hall–Kier alpha value is -6.91. The van der Waals surface area contributed by atoms with E-state index < -0.39 is 195 Å². The van der Waals surface area contributed by atoms with Crippen molar-refractivity contribution in [2.45, 2.75) is 56.0 Å². The molecule has 1 heterocycles. The van der Waals surface area contributed by atoms with Crippen LogP contribution in [-0.2, 0) is 56.0 Å². The van der Waals surface area contributed by atoms with Crippen LogP contribution in [0.25, 0.3) is 10.2 Å². The maximum atomic E-state index is 14.2. The number of alkyl halides is 24. The second kappa shape index (κ2) is 19.5. The third-order valence-corrected chi connectivity index (χ3v) is 11.6. The van der Waals surface area contributed by atoms with Crippen molar-refractivity contribution in [1.29, 1.82) is 10.5 Å². The lowest BCUT2D eigenvalue weighted by molar-refractivity contribution is -0.656. The van der Waals surface area contributed by atoms with Gasteiger partial charge in [0, 0.05) is 12.1 Å². The summed E-state index contributed by atoms with van der Waals surface area (Å²) in [7, 11) is 0. The zero-order valence-corrected chi connectivity index (χ0v) is 35.8. The molecule has 6 rings (SSSR count). The van der Waals surface area contributed by atoms with Gasteiger partial charge in [0.15, 0.2) is 6.54 Å². The van der Waals surface area contributed by atoms with E-state index in [0.29, 0.717) is 6.54 Å². The molecular formula is C44H20BF24N3S. The third-order valence-electron chi connectivity index (χ3n) is 10.7. The van der Waals surface area contributed by atoms with Gasteiger partial charge in [0.2, 0.25) is 11.0 Å². The van der Waals surface area contributed by atoms with Crippen LogP contribution in [0, 0.1) is 22.7 Å². The Morgan fingerprint density at radius 3 is 0.890 bits per heavy atom. The minimum atomic E-state index is -6.13. The number of hydrogen-bond donors (Lipinski definition) is 0. The van der Waals surface area contributed by atoms with Crippen molar-refractivity contribution in [2.24, 2.45) is 0 Å². The van der Waals surface area contributed by atoms with Gasteiger partial charge in [0.1, 0.15) is 28.6 Å². The maximum Gasteiger partial charge on any atom is 0.416 e. The van der Waals surface area contributed by atoms with E-state index in [1.807, 2.05) is 40.4 Å². The average Bonchev–Trinajstić information content (AvgIpc) is 3.67. The standard InChI is InChI=1S/C32H12BF24.C12H8N3S/c34-25(35,36)13-1-14(26(37,38)39)6-21(5-13)33(22-7-15(27(40,41)42)2-16(8-22)28(43,44)45,23-9-17(29(46,47)48)3-18(10-23)30(49,50)51)24-11-19(31(52,53)54)4-20(12-24)32(55,56)57;13-7-10(8-14)5-6-15-9-16-12-4-2-1-3-11(12)15/h1-12H;1-5,9H,6H2/q-1;+1. The highest BCUT2D eigenvalue weighted by Crippen LogP contribution is 2.41. The van der Waals surface area contributed by atoms with E-state index in [1.54, 1.807) is 17.4 Å². The van der Waals surface area contributed by atoms with E-state index in [-0.39, 0.29) is 5.57 Å². The van der Waals surface area contributed by atoms with Gasteiger partial charge in [-0.3, -0.25) is 0 Å². The molecule has 0 aliphatic rings. The maximum absolute atomic E-state index is 14.2. The summed E-state index contributed by atoms with van der Waals surface area (Å²) in [5.41, 5.74) is -26.9. The van der Waals surface area contributed by atoms with Crippen LogP contribution < -0.4 is 26.4 Å². The van der Waals surface area contributed by atoms with Crippen LogP contribution in [-0.4, -0.2) is 6.15 Å². The number of halogens is 24. The highest BCUT2D eigenvalue weighted by Gasteiger charge is 2.47. The minimum Gasteiger partial charge on any atom is -0.194 e. The first kappa shape index (κ1) is 57.0. The lowest BCUT2D eigenvalue weighted by Crippen LogP contribution is -2.75. The number of aromatic nitrogens is 1. The Kier molecular flexibility index (Phi) is 15.2. The van der Waals surface area contributed by atoms with Crippen molar-refractivity contribution in [3.8, 4) is 12.1 Å². The second-order valence-electron chi connectivity index (χ2n) is 15.4. The van der Waals surface area contributed by atoms with Crippen molar-refractivity contribution in [3.05, 3.63) is 159 Å². The van der Waals surface area contributed by atoms with Crippen LogP contribution in [0.5, 0.6) is 0 Å². The SMILES string of the molecule is FC(F)(F)c1cc([B-](c2cc(C(F)(F)F)cc(C(F)(F)F)c2)(c2cc(C(F)(F)F)cc(C(F)(F)F)c2)c2cc(C(F)(F)F)cc(C(F)(F)F)c2)cc(C(F)(F)F)c1.N#CC(C#N)=CC[n+]1csc2ccccc21. The lowest BCUT2D eigenvalue weighted by Gasteiger charge is -2.46. The summed E-state index contributed by atoms with van der Waals surface area (Å²) in [6, 6.07) is 2.94. The highest BCUT2D eigenvalue weighted by atomic mass is 32.1. The number of allylic oxidation sites excluding steroid dienone is 2. The molecule has 0 saturated heterocycles. The predicted octanol–water partition coefficient (Wildman–Crippen LogP) is 13.4. The molecule has 0 bridgehead atoms. The summed E-state index contributed by atoms with van der Waals surface area (Å²) in [6.45, 7) is 0.556. The summed E-state index contributed by atoms with van der Waals surface area (Å²) < 4.78 is 344. The highest BCUT2D eigenvalue weighted by molar-refractivity contribution is 7.20. The third kappa shape index (κ3) is 12.8. The molecule has 0 saturated carbocycles. The molecule has 5 aromatic carbocycles. The molecule has 0 aliphatic heterocycles. The van der Waals surface area contributed by atoms with Crippen molar-refractivity contribution >= 4 is 49.6 Å². The van der Waals surface area contributed by atoms with Gasteiger partial charge in [-0.15, -0.1) is 0 Å². The fourth-order valence-electron chi connectivity index (χ4n) is 7.49. The van der Waals surface area contributed by atoms with Crippen molar-refractivity contribution in [1.82, 2.24) is 0 Å². The van der Waals surface area contributed by atoms with Crippen molar-refractivity contribution < 1.29 is 110 Å². The number of para-hydroxylation sites is 1. The smallest absolute Gasteiger partial charge is 0.194 e. The zero-order chi connectivity index (χ0) is 55.3. The number of hydrogen-bond acceptors (Lipinski definition) is 3. The second-order valence-corrected chi connectivity index (χ2v) is 16.3. The first-order chi connectivity index (χ1) is 33.1. The van der Waals surface area contributed by atoms with Gasteiger partial charge >= 0.3 is 49.4 Å². The summed E-state index contributed by atoms with van der Waals surface area (Å²) in [5, 5.41) is 17.2.